The fourth-order valence-electron chi connectivity index (χ4n) is 3.72. The lowest BCUT2D eigenvalue weighted by molar-refractivity contribution is 0.0342. The van der Waals surface area contributed by atoms with Gasteiger partial charge in [-0.15, -0.1) is 0 Å². The molecule has 1 amide bonds. The van der Waals surface area contributed by atoms with Gasteiger partial charge in [-0.1, -0.05) is 19.1 Å². The van der Waals surface area contributed by atoms with Crippen molar-refractivity contribution < 1.29 is 9.53 Å². The molecule has 0 bridgehead atoms. The maximum Gasteiger partial charge on any atom is 0.251 e. The average Bonchev–Trinajstić information content (AvgIpc) is 2.67. The van der Waals surface area contributed by atoms with Gasteiger partial charge in [-0.2, -0.15) is 0 Å². The molecule has 2 aliphatic rings. The number of morpholine rings is 1. The standard InChI is InChI=1S/C21H33N3O2/c1-18-6-10-23(11-7-18)9-3-8-22-21(25)20-5-2-4-19(16-20)17-24-12-14-26-15-13-24/h2,4-5,16,18H,3,6-15,17H2,1H3,(H,22,25). The molecular weight excluding hydrogens is 326 g/mol. The molecule has 144 valence electrons. The largest absolute Gasteiger partial charge is 0.379 e. The lowest BCUT2D eigenvalue weighted by Gasteiger charge is -2.30. The number of amides is 1. The van der Waals surface area contributed by atoms with E-state index >= 15 is 0 Å². The molecule has 0 saturated carbocycles. The monoisotopic (exact) mass is 359 g/mol. The Morgan fingerprint density at radius 3 is 2.69 bits per heavy atom. The second-order valence-electron chi connectivity index (χ2n) is 7.72. The Morgan fingerprint density at radius 2 is 1.92 bits per heavy atom. The van der Waals surface area contributed by atoms with Crippen molar-refractivity contribution in [2.45, 2.75) is 32.7 Å². The summed E-state index contributed by atoms with van der Waals surface area (Å²) in [4.78, 5) is 17.3. The van der Waals surface area contributed by atoms with Crippen molar-refractivity contribution in [3.8, 4) is 0 Å². The van der Waals surface area contributed by atoms with Crippen molar-refractivity contribution in [1.29, 1.82) is 0 Å². The molecule has 2 fully saturated rings. The van der Waals surface area contributed by atoms with Crippen LogP contribution in [0, 0.1) is 5.92 Å². The quantitative estimate of drug-likeness (QED) is 0.759. The third-order valence-corrected chi connectivity index (χ3v) is 5.51. The van der Waals surface area contributed by atoms with E-state index in [1.807, 2.05) is 18.2 Å². The van der Waals surface area contributed by atoms with Crippen LogP contribution < -0.4 is 5.32 Å². The van der Waals surface area contributed by atoms with E-state index in [9.17, 15) is 4.79 Å². The Balaban J connectivity index is 1.39. The first-order valence-corrected chi connectivity index (χ1v) is 10.1. The highest BCUT2D eigenvalue weighted by molar-refractivity contribution is 5.94. The van der Waals surface area contributed by atoms with E-state index in [0.29, 0.717) is 0 Å². The maximum atomic E-state index is 12.4. The smallest absolute Gasteiger partial charge is 0.251 e. The molecule has 0 aliphatic carbocycles. The summed E-state index contributed by atoms with van der Waals surface area (Å²) in [5.74, 6) is 0.914. The molecule has 2 heterocycles. The van der Waals surface area contributed by atoms with Crippen molar-refractivity contribution >= 4 is 5.91 Å². The molecule has 1 aromatic rings. The number of nitrogens with one attached hydrogen (secondary N) is 1. The summed E-state index contributed by atoms with van der Waals surface area (Å²) < 4.78 is 5.39. The normalized spacial score (nSPS) is 20.2. The zero-order valence-corrected chi connectivity index (χ0v) is 16.1. The van der Waals surface area contributed by atoms with Crippen LogP contribution in [0.5, 0.6) is 0 Å². The van der Waals surface area contributed by atoms with Crippen LogP contribution in [0.3, 0.4) is 0 Å². The molecule has 26 heavy (non-hydrogen) atoms. The topological polar surface area (TPSA) is 44.8 Å². The molecule has 0 spiro atoms. The minimum absolute atomic E-state index is 0.0427. The van der Waals surface area contributed by atoms with E-state index in [4.69, 9.17) is 4.74 Å². The lowest BCUT2D eigenvalue weighted by Crippen LogP contribution is -2.36. The van der Waals surface area contributed by atoms with Crippen molar-refractivity contribution in [3.63, 3.8) is 0 Å². The van der Waals surface area contributed by atoms with E-state index < -0.39 is 0 Å². The highest BCUT2D eigenvalue weighted by atomic mass is 16.5. The van der Waals surface area contributed by atoms with Crippen LogP contribution >= 0.6 is 0 Å². The number of hydrogen-bond acceptors (Lipinski definition) is 4. The van der Waals surface area contributed by atoms with Crippen LogP contribution in [0.2, 0.25) is 0 Å². The summed E-state index contributed by atoms with van der Waals surface area (Å²) in [6.07, 6.45) is 3.64. The predicted molar refractivity (Wildman–Crippen MR) is 104 cm³/mol. The minimum Gasteiger partial charge on any atom is -0.379 e. The molecule has 3 rings (SSSR count). The van der Waals surface area contributed by atoms with Gasteiger partial charge in [0.1, 0.15) is 0 Å². The van der Waals surface area contributed by atoms with Gasteiger partial charge in [0, 0.05) is 31.7 Å². The Hall–Kier alpha value is -1.43. The molecule has 5 nitrogen and oxygen atoms in total. The number of benzene rings is 1. The van der Waals surface area contributed by atoms with Gasteiger partial charge in [-0.25, -0.2) is 0 Å². The molecular formula is C21H33N3O2. The maximum absolute atomic E-state index is 12.4. The van der Waals surface area contributed by atoms with Gasteiger partial charge in [-0.3, -0.25) is 9.69 Å². The van der Waals surface area contributed by atoms with Gasteiger partial charge >= 0.3 is 0 Å². The van der Waals surface area contributed by atoms with Gasteiger partial charge in [-0.05, 0) is 62.5 Å². The predicted octanol–water partition coefficient (Wildman–Crippen LogP) is 2.37. The molecule has 2 aliphatic heterocycles. The number of ether oxygens (including phenoxy) is 1. The van der Waals surface area contributed by atoms with Crippen molar-refractivity contribution in [2.24, 2.45) is 5.92 Å². The second-order valence-corrected chi connectivity index (χ2v) is 7.72. The molecule has 1 aromatic carbocycles. The zero-order valence-electron chi connectivity index (χ0n) is 16.1. The van der Waals surface area contributed by atoms with Crippen molar-refractivity contribution in [3.05, 3.63) is 35.4 Å². The first kappa shape index (κ1) is 19.3. The minimum atomic E-state index is 0.0427. The molecule has 5 heteroatoms. The summed E-state index contributed by atoms with van der Waals surface area (Å²) in [5.41, 5.74) is 1.96. The number of hydrogen-bond donors (Lipinski definition) is 1. The van der Waals surface area contributed by atoms with Gasteiger partial charge < -0.3 is 15.0 Å². The third-order valence-electron chi connectivity index (χ3n) is 5.51. The van der Waals surface area contributed by atoms with E-state index in [2.05, 4.69) is 28.1 Å². The van der Waals surface area contributed by atoms with Crippen molar-refractivity contribution in [2.75, 3.05) is 52.5 Å². The number of carbonyl (C=O) groups is 1. The molecule has 0 radical (unpaired) electrons. The summed E-state index contributed by atoms with van der Waals surface area (Å²) in [5, 5.41) is 3.08. The molecule has 0 atom stereocenters. The summed E-state index contributed by atoms with van der Waals surface area (Å²) in [7, 11) is 0. The number of rotatable bonds is 7. The zero-order chi connectivity index (χ0) is 18.2. The van der Waals surface area contributed by atoms with Crippen LogP contribution in [0.25, 0.3) is 0 Å². The van der Waals surface area contributed by atoms with E-state index in [1.54, 1.807) is 0 Å². The first-order chi connectivity index (χ1) is 12.7. The molecule has 0 unspecified atom stereocenters. The van der Waals surface area contributed by atoms with Gasteiger partial charge in [0.15, 0.2) is 0 Å². The SMILES string of the molecule is CC1CCN(CCCNC(=O)c2cccc(CN3CCOCC3)c2)CC1. The van der Waals surface area contributed by atoms with Crippen LogP contribution in [0.1, 0.15) is 42.1 Å². The Bertz CT molecular complexity index is 564. The fourth-order valence-corrected chi connectivity index (χ4v) is 3.72. The van der Waals surface area contributed by atoms with Gasteiger partial charge in [0.05, 0.1) is 13.2 Å². The highest BCUT2D eigenvalue weighted by Crippen LogP contribution is 2.15. The van der Waals surface area contributed by atoms with Crippen LogP contribution in [-0.4, -0.2) is 68.2 Å². The molecule has 1 N–H and O–H groups in total. The van der Waals surface area contributed by atoms with E-state index in [-0.39, 0.29) is 5.91 Å². The first-order valence-electron chi connectivity index (χ1n) is 10.1. The van der Waals surface area contributed by atoms with Crippen LogP contribution in [-0.2, 0) is 11.3 Å². The number of carbonyl (C=O) groups excluding carboxylic acids is 1. The van der Waals surface area contributed by atoms with E-state index in [0.717, 1.165) is 63.8 Å². The Morgan fingerprint density at radius 1 is 1.15 bits per heavy atom. The number of nitrogens with zero attached hydrogens (tertiary/aromatic N) is 2. The Kier molecular flexibility index (Phi) is 7.47. The second kappa shape index (κ2) is 10.0. The van der Waals surface area contributed by atoms with Crippen molar-refractivity contribution in [1.82, 2.24) is 15.1 Å². The van der Waals surface area contributed by atoms with Gasteiger partial charge in [0.2, 0.25) is 0 Å². The van der Waals surface area contributed by atoms with E-state index in [1.165, 1.54) is 31.5 Å². The third kappa shape index (κ3) is 6.08. The Labute approximate surface area is 157 Å². The van der Waals surface area contributed by atoms with Gasteiger partial charge in [0.25, 0.3) is 5.91 Å². The summed E-state index contributed by atoms with van der Waals surface area (Å²) in [6.45, 7) is 11.0. The van der Waals surface area contributed by atoms with Crippen LogP contribution in [0.15, 0.2) is 24.3 Å². The molecule has 0 aromatic heterocycles. The molecule has 2 saturated heterocycles. The average molecular weight is 360 g/mol. The lowest BCUT2D eigenvalue weighted by atomic mass is 9.99. The number of likely N-dealkylation sites (tertiary alicyclic amines) is 1. The fraction of sp³-hybridized carbons (Fsp3) is 0.667. The van der Waals surface area contributed by atoms with Crippen LogP contribution in [0.4, 0.5) is 0 Å². The number of piperidine rings is 1. The summed E-state index contributed by atoms with van der Waals surface area (Å²) >= 11 is 0. The summed E-state index contributed by atoms with van der Waals surface area (Å²) in [6, 6.07) is 8.02. The highest BCUT2D eigenvalue weighted by Gasteiger charge is 2.15.